The lowest BCUT2D eigenvalue weighted by Crippen LogP contribution is -2.47. The van der Waals surface area contributed by atoms with Crippen molar-refractivity contribution in [2.24, 2.45) is 0 Å². The molecule has 2 heterocycles. The van der Waals surface area contributed by atoms with Crippen LogP contribution in [0.4, 0.5) is 4.39 Å². The van der Waals surface area contributed by atoms with Crippen molar-refractivity contribution < 1.29 is 34.4 Å². The standard InChI is InChI=1S/C15H24FN3O8/c1-2-4-26-5-3-17(25)8-19-13(23)9(16)6-18(15(19)24)14-12(22)11(21)10(7-20)27-14/h6,10-12,14,20-22,25H,2-5,7-8H2,1H3. The third kappa shape index (κ3) is 4.79. The first-order valence-electron chi connectivity index (χ1n) is 8.47. The fourth-order valence-corrected chi connectivity index (χ4v) is 2.65. The molecule has 0 radical (unpaired) electrons. The third-order valence-electron chi connectivity index (χ3n) is 4.09. The molecule has 0 aromatic carbocycles. The topological polar surface area (TPSA) is 147 Å². The van der Waals surface area contributed by atoms with Crippen molar-refractivity contribution in [2.75, 3.05) is 26.4 Å². The van der Waals surface area contributed by atoms with Gasteiger partial charge in [0.15, 0.2) is 6.23 Å². The Morgan fingerprint density at radius 2 is 2.00 bits per heavy atom. The van der Waals surface area contributed by atoms with E-state index in [-0.39, 0.29) is 13.2 Å². The minimum Gasteiger partial charge on any atom is -0.394 e. The second kappa shape index (κ2) is 9.50. The molecule has 1 aliphatic heterocycles. The molecule has 0 aliphatic carbocycles. The maximum absolute atomic E-state index is 14.0. The van der Waals surface area contributed by atoms with E-state index in [1.54, 1.807) is 0 Å². The van der Waals surface area contributed by atoms with E-state index in [9.17, 15) is 29.4 Å². The summed E-state index contributed by atoms with van der Waals surface area (Å²) in [5.74, 6) is -1.32. The molecule has 1 aromatic heterocycles. The summed E-state index contributed by atoms with van der Waals surface area (Å²) in [4.78, 5) is 24.5. The van der Waals surface area contributed by atoms with Crippen molar-refractivity contribution in [3.63, 3.8) is 0 Å². The zero-order chi connectivity index (χ0) is 20.1. The normalized spacial score (nSPS) is 25.4. The van der Waals surface area contributed by atoms with Crippen LogP contribution < -0.4 is 11.2 Å². The lowest BCUT2D eigenvalue weighted by Gasteiger charge is -2.20. The molecule has 1 saturated heterocycles. The quantitative estimate of drug-likeness (QED) is 0.272. The Bertz CT molecular complexity index is 739. The van der Waals surface area contributed by atoms with E-state index in [4.69, 9.17) is 14.6 Å². The summed E-state index contributed by atoms with van der Waals surface area (Å²) in [6.45, 7) is 1.22. The molecule has 154 valence electrons. The molecule has 12 heteroatoms. The highest BCUT2D eigenvalue weighted by molar-refractivity contribution is 4.96. The van der Waals surface area contributed by atoms with Crippen LogP contribution >= 0.6 is 0 Å². The summed E-state index contributed by atoms with van der Waals surface area (Å²) in [6, 6.07) is 0. The molecule has 27 heavy (non-hydrogen) atoms. The number of hydroxylamine groups is 2. The van der Waals surface area contributed by atoms with Crippen molar-refractivity contribution in [2.45, 2.75) is 44.6 Å². The number of halogens is 1. The fourth-order valence-electron chi connectivity index (χ4n) is 2.65. The molecule has 0 spiro atoms. The number of hydrogen-bond acceptors (Lipinski definition) is 9. The number of aromatic nitrogens is 2. The Balaban J connectivity index is 2.25. The highest BCUT2D eigenvalue weighted by Gasteiger charge is 2.44. The molecule has 1 aliphatic rings. The molecule has 1 fully saturated rings. The average molecular weight is 393 g/mol. The van der Waals surface area contributed by atoms with Crippen LogP contribution in [0.3, 0.4) is 0 Å². The molecule has 4 N–H and O–H groups in total. The van der Waals surface area contributed by atoms with Gasteiger partial charge in [-0.2, -0.15) is 9.45 Å². The number of nitrogens with zero attached hydrogens (tertiary/aromatic N) is 3. The van der Waals surface area contributed by atoms with Gasteiger partial charge < -0.3 is 30.0 Å². The number of hydrogen-bond donors (Lipinski definition) is 4. The van der Waals surface area contributed by atoms with Crippen LogP contribution in [0, 0.1) is 5.82 Å². The first kappa shape index (κ1) is 21.6. The van der Waals surface area contributed by atoms with Crippen LogP contribution in [0.2, 0.25) is 0 Å². The van der Waals surface area contributed by atoms with Crippen LogP contribution in [0.15, 0.2) is 15.8 Å². The highest BCUT2D eigenvalue weighted by atomic mass is 19.1. The number of ether oxygens (including phenoxy) is 2. The summed E-state index contributed by atoms with van der Waals surface area (Å²) in [7, 11) is 0. The van der Waals surface area contributed by atoms with Gasteiger partial charge in [0.1, 0.15) is 25.0 Å². The molecule has 1 aromatic rings. The van der Waals surface area contributed by atoms with Gasteiger partial charge in [-0.05, 0) is 6.42 Å². The fraction of sp³-hybridized carbons (Fsp3) is 0.733. The maximum atomic E-state index is 14.0. The summed E-state index contributed by atoms with van der Waals surface area (Å²) >= 11 is 0. The number of rotatable bonds is 9. The van der Waals surface area contributed by atoms with Gasteiger partial charge in [-0.25, -0.2) is 9.36 Å². The molecule has 0 amide bonds. The molecular formula is C15H24FN3O8. The second-order valence-corrected chi connectivity index (χ2v) is 6.11. The lowest BCUT2D eigenvalue weighted by molar-refractivity contribution is -0.130. The van der Waals surface area contributed by atoms with Crippen molar-refractivity contribution >= 4 is 0 Å². The first-order chi connectivity index (χ1) is 12.8. The molecule has 4 unspecified atom stereocenters. The zero-order valence-corrected chi connectivity index (χ0v) is 14.8. The summed E-state index contributed by atoms with van der Waals surface area (Å²) in [5, 5.41) is 39.4. The van der Waals surface area contributed by atoms with Gasteiger partial charge in [0.2, 0.25) is 5.82 Å². The minimum absolute atomic E-state index is 0.0315. The predicted molar refractivity (Wildman–Crippen MR) is 87.5 cm³/mol. The Kier molecular flexibility index (Phi) is 7.61. The summed E-state index contributed by atoms with van der Waals surface area (Å²) in [5.41, 5.74) is -2.33. The zero-order valence-electron chi connectivity index (χ0n) is 14.8. The smallest absolute Gasteiger partial charge is 0.334 e. The Morgan fingerprint density at radius 3 is 2.59 bits per heavy atom. The van der Waals surface area contributed by atoms with Crippen molar-refractivity contribution in [1.82, 2.24) is 14.2 Å². The van der Waals surface area contributed by atoms with E-state index in [1.165, 1.54) is 0 Å². The largest absolute Gasteiger partial charge is 0.394 e. The second-order valence-electron chi connectivity index (χ2n) is 6.11. The van der Waals surface area contributed by atoms with E-state index in [0.717, 1.165) is 6.42 Å². The summed E-state index contributed by atoms with van der Waals surface area (Å²) < 4.78 is 25.4. The van der Waals surface area contributed by atoms with Gasteiger partial charge in [0.05, 0.1) is 19.4 Å². The minimum atomic E-state index is -1.63. The van der Waals surface area contributed by atoms with Gasteiger partial charge >= 0.3 is 5.69 Å². The van der Waals surface area contributed by atoms with Crippen LogP contribution in [-0.4, -0.2) is 79.4 Å². The Morgan fingerprint density at radius 1 is 1.30 bits per heavy atom. The van der Waals surface area contributed by atoms with Crippen LogP contribution in [0.25, 0.3) is 0 Å². The SMILES string of the molecule is CCCOCCN(O)Cn1c(=O)c(F)cn(C2OC(CO)C(O)C2O)c1=O. The molecule has 0 bridgehead atoms. The monoisotopic (exact) mass is 393 g/mol. The van der Waals surface area contributed by atoms with Gasteiger partial charge in [0, 0.05) is 13.2 Å². The van der Waals surface area contributed by atoms with Crippen LogP contribution in [-0.2, 0) is 16.1 Å². The first-order valence-corrected chi connectivity index (χ1v) is 8.47. The molecule has 2 rings (SSSR count). The summed E-state index contributed by atoms with van der Waals surface area (Å²) in [6.07, 6.45) is -4.48. The van der Waals surface area contributed by atoms with Gasteiger partial charge in [-0.15, -0.1) is 0 Å². The number of aliphatic hydroxyl groups is 3. The maximum Gasteiger partial charge on any atom is 0.334 e. The van der Waals surface area contributed by atoms with Crippen molar-refractivity contribution in [1.29, 1.82) is 0 Å². The van der Waals surface area contributed by atoms with E-state index in [0.29, 0.717) is 27.0 Å². The molecular weight excluding hydrogens is 369 g/mol. The average Bonchev–Trinajstić information content (AvgIpc) is 2.93. The van der Waals surface area contributed by atoms with Crippen LogP contribution in [0.1, 0.15) is 19.6 Å². The Hall–Kier alpha value is -1.67. The van der Waals surface area contributed by atoms with Gasteiger partial charge in [-0.1, -0.05) is 6.92 Å². The Labute approximate surface area is 153 Å². The van der Waals surface area contributed by atoms with E-state index in [1.807, 2.05) is 6.92 Å². The molecule has 0 saturated carbocycles. The van der Waals surface area contributed by atoms with E-state index < -0.39 is 54.9 Å². The van der Waals surface area contributed by atoms with Crippen molar-refractivity contribution in [3.05, 3.63) is 32.9 Å². The van der Waals surface area contributed by atoms with Crippen molar-refractivity contribution in [3.8, 4) is 0 Å². The number of aliphatic hydroxyl groups excluding tert-OH is 3. The van der Waals surface area contributed by atoms with Crippen LogP contribution in [0.5, 0.6) is 0 Å². The van der Waals surface area contributed by atoms with Gasteiger partial charge in [-0.3, -0.25) is 9.36 Å². The van der Waals surface area contributed by atoms with E-state index >= 15 is 0 Å². The van der Waals surface area contributed by atoms with E-state index in [2.05, 4.69) is 0 Å². The lowest BCUT2D eigenvalue weighted by atomic mass is 10.1. The molecule has 11 nitrogen and oxygen atoms in total. The van der Waals surface area contributed by atoms with Gasteiger partial charge in [0.25, 0.3) is 5.56 Å². The predicted octanol–water partition coefficient (Wildman–Crippen LogP) is -2.16. The third-order valence-corrected chi connectivity index (χ3v) is 4.09. The molecule has 4 atom stereocenters. The highest BCUT2D eigenvalue weighted by Crippen LogP contribution is 2.27.